The molecule has 1 heterocycles. The molecule has 15 heteroatoms. The zero-order valence-corrected chi connectivity index (χ0v) is 23.7. The Balaban J connectivity index is 1.39. The van der Waals surface area contributed by atoms with Crippen LogP contribution in [0.15, 0.2) is 16.6 Å². The Morgan fingerprint density at radius 2 is 1.62 bits per heavy atom. The number of carboxylic acids is 1. The standard InChI is InChI=1S/C25H42F2N6O6S/c1-16(24(36)31-25(28)29)12-17-13-20(26)23(21(27)14-17)39-18-2-4-19(5-3-18)40(37,38)30-6-7-32-8-10-33(11-9-32)15-22(34)35/h12,17-21,23,30H,2-11,13-15H2,1H3,(H,34,35)(H4,28,29,31,36)/b16-12+. The van der Waals surface area contributed by atoms with Gasteiger partial charge in [-0.1, -0.05) is 6.08 Å². The molecule has 3 rings (SSSR count). The molecular formula is C25H42F2N6O6S. The molecule has 2 unspecified atom stereocenters. The highest BCUT2D eigenvalue weighted by Crippen LogP contribution is 2.35. The Morgan fingerprint density at radius 1 is 1.05 bits per heavy atom. The number of nitrogens with zero attached hydrogens (tertiary/aromatic N) is 3. The maximum Gasteiger partial charge on any atom is 0.317 e. The number of hydrogen-bond donors (Lipinski definition) is 4. The minimum Gasteiger partial charge on any atom is -0.480 e. The van der Waals surface area contributed by atoms with E-state index in [1.54, 1.807) is 0 Å². The lowest BCUT2D eigenvalue weighted by molar-refractivity contribution is -0.138. The van der Waals surface area contributed by atoms with Gasteiger partial charge in [-0.2, -0.15) is 4.99 Å². The van der Waals surface area contributed by atoms with Gasteiger partial charge in [-0.3, -0.25) is 19.4 Å². The van der Waals surface area contributed by atoms with Crippen LogP contribution >= 0.6 is 0 Å². The van der Waals surface area contributed by atoms with E-state index in [-0.39, 0.29) is 37.5 Å². The molecule has 228 valence electrons. The van der Waals surface area contributed by atoms with E-state index in [9.17, 15) is 26.8 Å². The number of ether oxygens (including phenoxy) is 1. The molecule has 40 heavy (non-hydrogen) atoms. The van der Waals surface area contributed by atoms with Crippen LogP contribution in [0.25, 0.3) is 0 Å². The van der Waals surface area contributed by atoms with Gasteiger partial charge in [0.15, 0.2) is 5.96 Å². The zero-order valence-electron chi connectivity index (χ0n) is 22.9. The van der Waals surface area contributed by atoms with E-state index >= 15 is 0 Å². The molecule has 0 bridgehead atoms. The molecular weight excluding hydrogens is 550 g/mol. The lowest BCUT2D eigenvalue weighted by Gasteiger charge is -2.37. The van der Waals surface area contributed by atoms with Crippen molar-refractivity contribution in [2.45, 2.75) is 75.2 Å². The molecule has 2 atom stereocenters. The summed E-state index contributed by atoms with van der Waals surface area (Å²) in [6, 6.07) is 0. The molecule has 1 amide bonds. The normalized spacial score (nSPS) is 31.0. The average molecular weight is 593 g/mol. The second-order valence-corrected chi connectivity index (χ2v) is 13.0. The number of sulfonamides is 1. The Kier molecular flexibility index (Phi) is 11.8. The number of piperazine rings is 1. The number of carbonyl (C=O) groups excluding carboxylic acids is 1. The SMILES string of the molecule is C/C(=C\C1CC(F)C(OC2CCC(S(=O)(=O)NCCN3CCN(CC(=O)O)CC3)CC2)C(F)C1)C(=O)N=C(N)N. The van der Waals surface area contributed by atoms with Crippen LogP contribution in [0.4, 0.5) is 8.78 Å². The quantitative estimate of drug-likeness (QED) is 0.146. The number of carboxylic acid groups (broad SMARTS) is 1. The fourth-order valence-corrected chi connectivity index (χ4v) is 7.14. The van der Waals surface area contributed by atoms with Gasteiger partial charge in [0.1, 0.15) is 18.4 Å². The Morgan fingerprint density at radius 3 is 2.17 bits per heavy atom. The van der Waals surface area contributed by atoms with Crippen LogP contribution in [0.2, 0.25) is 0 Å². The number of amides is 1. The van der Waals surface area contributed by atoms with E-state index in [4.69, 9.17) is 21.3 Å². The van der Waals surface area contributed by atoms with Crippen LogP contribution in [0.5, 0.6) is 0 Å². The molecule has 0 aromatic heterocycles. The third-order valence-electron chi connectivity index (χ3n) is 7.79. The van der Waals surface area contributed by atoms with Gasteiger partial charge in [0, 0.05) is 44.8 Å². The maximum absolute atomic E-state index is 14.9. The summed E-state index contributed by atoms with van der Waals surface area (Å²) >= 11 is 0. The molecule has 0 aromatic carbocycles. The highest BCUT2D eigenvalue weighted by molar-refractivity contribution is 7.90. The molecule has 2 saturated carbocycles. The van der Waals surface area contributed by atoms with Crippen LogP contribution in [0.1, 0.15) is 45.4 Å². The number of halogens is 2. The molecule has 0 aromatic rings. The first-order chi connectivity index (χ1) is 18.8. The van der Waals surface area contributed by atoms with Crippen molar-refractivity contribution in [2.75, 3.05) is 45.8 Å². The van der Waals surface area contributed by atoms with Gasteiger partial charge in [-0.05, 0) is 51.4 Å². The summed E-state index contributed by atoms with van der Waals surface area (Å²) in [5.74, 6) is -2.39. The molecule has 2 aliphatic carbocycles. The number of nitrogens with two attached hydrogens (primary N) is 2. The molecule has 0 radical (unpaired) electrons. The number of aliphatic imine (C=N–C) groups is 1. The zero-order chi connectivity index (χ0) is 29.4. The van der Waals surface area contributed by atoms with Crippen molar-refractivity contribution in [3.8, 4) is 0 Å². The van der Waals surface area contributed by atoms with E-state index < -0.39 is 57.6 Å². The van der Waals surface area contributed by atoms with Gasteiger partial charge >= 0.3 is 5.97 Å². The molecule has 3 aliphatic rings. The summed E-state index contributed by atoms with van der Waals surface area (Å²) in [7, 11) is -3.55. The van der Waals surface area contributed by atoms with E-state index in [1.165, 1.54) is 13.0 Å². The number of alkyl halides is 2. The van der Waals surface area contributed by atoms with Crippen molar-refractivity contribution >= 4 is 27.9 Å². The van der Waals surface area contributed by atoms with Crippen LogP contribution < -0.4 is 16.2 Å². The summed E-state index contributed by atoms with van der Waals surface area (Å²) in [6.45, 7) is 4.90. The Labute approximate surface area is 234 Å². The first-order valence-electron chi connectivity index (χ1n) is 13.7. The van der Waals surface area contributed by atoms with E-state index in [0.717, 1.165) is 0 Å². The predicted octanol–water partition coefficient (Wildman–Crippen LogP) is 0.137. The van der Waals surface area contributed by atoms with Crippen LogP contribution in [0.3, 0.4) is 0 Å². The summed E-state index contributed by atoms with van der Waals surface area (Å²) in [4.78, 5) is 30.1. The van der Waals surface area contributed by atoms with Gasteiger partial charge in [0.2, 0.25) is 10.0 Å². The minimum absolute atomic E-state index is 0.000218. The number of carbonyl (C=O) groups is 2. The van der Waals surface area contributed by atoms with Gasteiger partial charge in [-0.25, -0.2) is 21.9 Å². The number of rotatable bonds is 11. The predicted molar refractivity (Wildman–Crippen MR) is 145 cm³/mol. The van der Waals surface area contributed by atoms with E-state index in [2.05, 4.69) is 14.6 Å². The van der Waals surface area contributed by atoms with Crippen molar-refractivity contribution in [1.82, 2.24) is 14.5 Å². The van der Waals surface area contributed by atoms with Crippen LogP contribution in [-0.4, -0.2) is 117 Å². The Hall–Kier alpha value is -2.20. The first kappa shape index (κ1) is 32.3. The fraction of sp³-hybridized carbons (Fsp3) is 0.800. The third-order valence-corrected chi connectivity index (χ3v) is 9.74. The van der Waals surface area contributed by atoms with Gasteiger partial charge in [-0.15, -0.1) is 0 Å². The maximum atomic E-state index is 14.9. The smallest absolute Gasteiger partial charge is 0.317 e. The molecule has 1 aliphatic heterocycles. The van der Waals surface area contributed by atoms with Gasteiger partial charge in [0.25, 0.3) is 5.91 Å². The highest BCUT2D eigenvalue weighted by Gasteiger charge is 2.41. The Bertz CT molecular complexity index is 1030. The van der Waals surface area contributed by atoms with Crippen molar-refractivity contribution in [3.63, 3.8) is 0 Å². The van der Waals surface area contributed by atoms with Crippen LogP contribution in [-0.2, 0) is 24.3 Å². The van der Waals surface area contributed by atoms with Crippen molar-refractivity contribution in [2.24, 2.45) is 22.4 Å². The number of hydrogen-bond acceptors (Lipinski definition) is 7. The molecule has 12 nitrogen and oxygen atoms in total. The van der Waals surface area contributed by atoms with Crippen molar-refractivity contribution < 1.29 is 36.6 Å². The van der Waals surface area contributed by atoms with E-state index in [1.807, 2.05) is 4.90 Å². The van der Waals surface area contributed by atoms with E-state index in [0.29, 0.717) is 58.4 Å². The summed E-state index contributed by atoms with van der Waals surface area (Å²) < 4.78 is 64.0. The van der Waals surface area contributed by atoms with Gasteiger partial charge in [0.05, 0.1) is 17.9 Å². The third kappa shape index (κ3) is 9.72. The number of aliphatic carboxylic acids is 1. The summed E-state index contributed by atoms with van der Waals surface area (Å²) in [5, 5.41) is 8.30. The number of nitrogens with one attached hydrogen (secondary N) is 1. The fourth-order valence-electron chi connectivity index (χ4n) is 5.63. The molecule has 0 spiro atoms. The number of guanidine groups is 1. The van der Waals surface area contributed by atoms with Crippen molar-refractivity contribution in [3.05, 3.63) is 11.6 Å². The minimum atomic E-state index is -3.55. The first-order valence-corrected chi connectivity index (χ1v) is 15.3. The molecule has 3 fully saturated rings. The van der Waals surface area contributed by atoms with Gasteiger partial charge < -0.3 is 21.3 Å². The lowest BCUT2D eigenvalue weighted by atomic mass is 9.83. The second kappa shape index (κ2) is 14.6. The lowest BCUT2D eigenvalue weighted by Crippen LogP contribution is -2.50. The second-order valence-electron chi connectivity index (χ2n) is 10.9. The van der Waals surface area contributed by atoms with Crippen LogP contribution in [0, 0.1) is 5.92 Å². The monoisotopic (exact) mass is 592 g/mol. The molecule has 1 saturated heterocycles. The average Bonchev–Trinajstić information content (AvgIpc) is 2.87. The largest absolute Gasteiger partial charge is 0.480 e. The highest BCUT2D eigenvalue weighted by atomic mass is 32.2. The summed E-state index contributed by atoms with van der Waals surface area (Å²) in [5.41, 5.74) is 10.6. The van der Waals surface area contributed by atoms with Crippen molar-refractivity contribution in [1.29, 1.82) is 0 Å². The topological polar surface area (TPSA) is 181 Å². The summed E-state index contributed by atoms with van der Waals surface area (Å²) in [6.07, 6.45) is -1.83. The number of allylic oxidation sites excluding steroid dienone is 1. The molecule has 6 N–H and O–H groups in total.